The Labute approximate surface area is 136 Å². The number of nitrogens with zero attached hydrogens (tertiary/aromatic N) is 1. The molecular formula is C17H25BrN2O. The topological polar surface area (TPSA) is 32.3 Å². The van der Waals surface area contributed by atoms with E-state index in [0.29, 0.717) is 13.0 Å². The normalized spacial score (nSPS) is 17.5. The van der Waals surface area contributed by atoms with E-state index < -0.39 is 0 Å². The summed E-state index contributed by atoms with van der Waals surface area (Å²) in [5.74, 6) is 0.224. The van der Waals surface area contributed by atoms with Crippen molar-refractivity contribution in [3.8, 4) is 0 Å². The van der Waals surface area contributed by atoms with Gasteiger partial charge in [-0.05, 0) is 31.5 Å². The second kappa shape index (κ2) is 7.41. The summed E-state index contributed by atoms with van der Waals surface area (Å²) < 4.78 is 1.06. The van der Waals surface area contributed by atoms with Crippen LogP contribution in [0.25, 0.3) is 0 Å². The number of benzene rings is 1. The maximum absolute atomic E-state index is 12.6. The molecule has 116 valence electrons. The van der Waals surface area contributed by atoms with Gasteiger partial charge in [0.05, 0.1) is 0 Å². The minimum Gasteiger partial charge on any atom is -0.341 e. The SMILES string of the molecule is CNC1(CC(=O)N(C)Cc2ccccc2Br)CCCCC1. The Bertz CT molecular complexity index is 483. The third-order valence-electron chi connectivity index (χ3n) is 4.62. The van der Waals surface area contributed by atoms with Gasteiger partial charge in [0.2, 0.25) is 5.91 Å². The Balaban J connectivity index is 1.97. The molecule has 1 saturated carbocycles. The van der Waals surface area contributed by atoms with Crippen molar-refractivity contribution in [1.82, 2.24) is 10.2 Å². The molecule has 4 heteroatoms. The lowest BCUT2D eigenvalue weighted by atomic mass is 9.79. The Morgan fingerprint density at radius 3 is 2.57 bits per heavy atom. The van der Waals surface area contributed by atoms with Crippen LogP contribution in [-0.2, 0) is 11.3 Å². The lowest BCUT2D eigenvalue weighted by Crippen LogP contribution is -2.48. The summed E-state index contributed by atoms with van der Waals surface area (Å²) in [6.45, 7) is 0.653. The zero-order valence-electron chi connectivity index (χ0n) is 13.0. The van der Waals surface area contributed by atoms with Crippen molar-refractivity contribution in [3.05, 3.63) is 34.3 Å². The van der Waals surface area contributed by atoms with Crippen LogP contribution in [-0.4, -0.2) is 30.4 Å². The van der Waals surface area contributed by atoms with Gasteiger partial charge in [-0.15, -0.1) is 0 Å². The Hall–Kier alpha value is -0.870. The first-order valence-electron chi connectivity index (χ1n) is 7.73. The Morgan fingerprint density at radius 2 is 1.95 bits per heavy atom. The van der Waals surface area contributed by atoms with Gasteiger partial charge < -0.3 is 10.2 Å². The molecule has 1 aliphatic rings. The molecule has 21 heavy (non-hydrogen) atoms. The van der Waals surface area contributed by atoms with Crippen LogP contribution in [0.1, 0.15) is 44.1 Å². The van der Waals surface area contributed by atoms with Crippen LogP contribution in [0, 0.1) is 0 Å². The van der Waals surface area contributed by atoms with Crippen LogP contribution in [0.15, 0.2) is 28.7 Å². The minimum atomic E-state index is 0.0114. The first kappa shape index (κ1) is 16.5. The van der Waals surface area contributed by atoms with Crippen molar-refractivity contribution < 1.29 is 4.79 Å². The molecule has 0 atom stereocenters. The third kappa shape index (κ3) is 4.30. The molecule has 1 fully saturated rings. The molecule has 1 amide bonds. The van der Waals surface area contributed by atoms with Crippen LogP contribution in [0.4, 0.5) is 0 Å². The van der Waals surface area contributed by atoms with E-state index in [0.717, 1.165) is 22.9 Å². The average molecular weight is 353 g/mol. The molecule has 0 unspecified atom stereocenters. The zero-order chi connectivity index (χ0) is 15.3. The van der Waals surface area contributed by atoms with Gasteiger partial charge in [-0.2, -0.15) is 0 Å². The fourth-order valence-corrected chi connectivity index (χ4v) is 3.55. The fraction of sp³-hybridized carbons (Fsp3) is 0.588. The van der Waals surface area contributed by atoms with Crippen molar-refractivity contribution in [2.75, 3.05) is 14.1 Å². The van der Waals surface area contributed by atoms with Gasteiger partial charge in [0.25, 0.3) is 0 Å². The van der Waals surface area contributed by atoms with Crippen LogP contribution in [0.2, 0.25) is 0 Å². The highest BCUT2D eigenvalue weighted by Crippen LogP contribution is 2.31. The van der Waals surface area contributed by atoms with E-state index >= 15 is 0 Å². The van der Waals surface area contributed by atoms with Crippen LogP contribution in [0.5, 0.6) is 0 Å². The molecule has 0 aromatic heterocycles. The van der Waals surface area contributed by atoms with Crippen molar-refractivity contribution in [2.45, 2.75) is 50.6 Å². The van der Waals surface area contributed by atoms with E-state index in [1.165, 1.54) is 19.3 Å². The highest BCUT2D eigenvalue weighted by molar-refractivity contribution is 9.10. The molecule has 0 radical (unpaired) electrons. The number of amides is 1. The second-order valence-electron chi connectivity index (χ2n) is 6.11. The van der Waals surface area contributed by atoms with Gasteiger partial charge in [-0.1, -0.05) is 53.4 Å². The molecular weight excluding hydrogens is 328 g/mol. The number of hydrogen-bond donors (Lipinski definition) is 1. The zero-order valence-corrected chi connectivity index (χ0v) is 14.6. The number of carbonyl (C=O) groups excluding carboxylic acids is 1. The highest BCUT2D eigenvalue weighted by atomic mass is 79.9. The molecule has 0 bridgehead atoms. The van der Waals surface area contributed by atoms with Crippen molar-refractivity contribution >= 4 is 21.8 Å². The summed E-state index contributed by atoms with van der Waals surface area (Å²) in [5, 5.41) is 3.42. The maximum Gasteiger partial charge on any atom is 0.224 e. The van der Waals surface area contributed by atoms with Crippen LogP contribution in [0.3, 0.4) is 0 Å². The number of hydrogen-bond acceptors (Lipinski definition) is 2. The van der Waals surface area contributed by atoms with E-state index in [1.54, 1.807) is 0 Å². The molecule has 0 spiro atoms. The van der Waals surface area contributed by atoms with Crippen LogP contribution < -0.4 is 5.32 Å². The smallest absolute Gasteiger partial charge is 0.224 e. The lowest BCUT2D eigenvalue weighted by Gasteiger charge is -2.37. The molecule has 3 nitrogen and oxygen atoms in total. The summed E-state index contributed by atoms with van der Waals surface area (Å²) in [5.41, 5.74) is 1.16. The van der Waals surface area contributed by atoms with Crippen LogP contribution >= 0.6 is 15.9 Å². The molecule has 0 heterocycles. The van der Waals surface area contributed by atoms with E-state index in [2.05, 4.69) is 27.3 Å². The Kier molecular flexibility index (Phi) is 5.82. The average Bonchev–Trinajstić information content (AvgIpc) is 2.50. The predicted molar refractivity (Wildman–Crippen MR) is 90.1 cm³/mol. The summed E-state index contributed by atoms with van der Waals surface area (Å²) in [7, 11) is 3.89. The molecule has 1 aliphatic carbocycles. The quantitative estimate of drug-likeness (QED) is 0.875. The van der Waals surface area contributed by atoms with E-state index in [4.69, 9.17) is 0 Å². The fourth-order valence-electron chi connectivity index (χ4n) is 3.14. The Morgan fingerprint density at radius 1 is 1.29 bits per heavy atom. The van der Waals surface area contributed by atoms with E-state index in [1.807, 2.05) is 37.2 Å². The van der Waals surface area contributed by atoms with Crippen molar-refractivity contribution in [3.63, 3.8) is 0 Å². The van der Waals surface area contributed by atoms with Gasteiger partial charge in [0.1, 0.15) is 0 Å². The third-order valence-corrected chi connectivity index (χ3v) is 5.40. The number of nitrogens with one attached hydrogen (secondary N) is 1. The monoisotopic (exact) mass is 352 g/mol. The molecule has 1 aromatic rings. The largest absolute Gasteiger partial charge is 0.341 e. The molecule has 2 rings (SSSR count). The standard InChI is InChI=1S/C17H25BrN2O/c1-19-17(10-6-3-7-11-17)12-16(21)20(2)13-14-8-4-5-9-15(14)18/h4-5,8-9,19H,3,6-7,10-13H2,1-2H3. The molecule has 0 saturated heterocycles. The second-order valence-corrected chi connectivity index (χ2v) is 6.96. The van der Waals surface area contributed by atoms with Gasteiger partial charge in [0, 0.05) is 30.0 Å². The molecule has 1 aromatic carbocycles. The maximum atomic E-state index is 12.6. The highest BCUT2D eigenvalue weighted by Gasteiger charge is 2.33. The number of carbonyl (C=O) groups is 1. The van der Waals surface area contributed by atoms with E-state index in [-0.39, 0.29) is 11.4 Å². The minimum absolute atomic E-state index is 0.0114. The first-order valence-corrected chi connectivity index (χ1v) is 8.52. The lowest BCUT2D eigenvalue weighted by molar-refractivity contribution is -0.132. The summed E-state index contributed by atoms with van der Waals surface area (Å²) in [4.78, 5) is 14.4. The van der Waals surface area contributed by atoms with Gasteiger partial charge >= 0.3 is 0 Å². The van der Waals surface area contributed by atoms with E-state index in [9.17, 15) is 4.79 Å². The molecule has 1 N–H and O–H groups in total. The number of rotatable bonds is 5. The van der Waals surface area contributed by atoms with Gasteiger partial charge in [-0.25, -0.2) is 0 Å². The summed E-state index contributed by atoms with van der Waals surface area (Å²) in [6.07, 6.45) is 6.56. The summed E-state index contributed by atoms with van der Waals surface area (Å²) in [6, 6.07) is 8.08. The molecule has 0 aliphatic heterocycles. The van der Waals surface area contributed by atoms with Crippen molar-refractivity contribution in [1.29, 1.82) is 0 Å². The first-order chi connectivity index (χ1) is 10.1. The number of halogens is 1. The van der Waals surface area contributed by atoms with Crippen molar-refractivity contribution in [2.24, 2.45) is 0 Å². The predicted octanol–water partition coefficient (Wildman–Crippen LogP) is 3.72. The van der Waals surface area contributed by atoms with Gasteiger partial charge in [-0.3, -0.25) is 4.79 Å². The summed E-state index contributed by atoms with van der Waals surface area (Å²) >= 11 is 3.55. The van der Waals surface area contributed by atoms with Gasteiger partial charge in [0.15, 0.2) is 0 Å².